The maximum absolute atomic E-state index is 13.2. The molecule has 124 valence electrons. The number of halogens is 4. The molecule has 0 bridgehead atoms. The Balaban J connectivity index is 0.00000441. The molecule has 4 N–H and O–H groups in total. The van der Waals surface area contributed by atoms with Crippen LogP contribution < -0.4 is 16.4 Å². The maximum atomic E-state index is 13.2. The molecule has 1 aromatic carbocycles. The number of anilines is 1. The van der Waals surface area contributed by atoms with Crippen molar-refractivity contribution in [1.82, 2.24) is 5.32 Å². The van der Waals surface area contributed by atoms with Crippen molar-refractivity contribution in [2.75, 3.05) is 24.2 Å². The number of hydrogen-bond acceptors (Lipinski definition) is 4. The van der Waals surface area contributed by atoms with Crippen molar-refractivity contribution < 1.29 is 22.8 Å². The van der Waals surface area contributed by atoms with Crippen LogP contribution in [0.1, 0.15) is 0 Å². The number of benzene rings is 1. The van der Waals surface area contributed by atoms with Crippen LogP contribution in [0.3, 0.4) is 0 Å². The summed E-state index contributed by atoms with van der Waals surface area (Å²) >= 11 is 0.796. The lowest BCUT2D eigenvalue weighted by Gasteiger charge is -2.11. The van der Waals surface area contributed by atoms with E-state index in [4.69, 9.17) is 5.73 Å². The van der Waals surface area contributed by atoms with Gasteiger partial charge in [0.2, 0.25) is 18.2 Å². The van der Waals surface area contributed by atoms with Gasteiger partial charge in [0, 0.05) is 4.90 Å². The Morgan fingerprint density at radius 1 is 1.27 bits per heavy atom. The van der Waals surface area contributed by atoms with Gasteiger partial charge in [-0.3, -0.25) is 9.59 Å². The molecular formula is C12H15ClF3N3O2S. The van der Waals surface area contributed by atoms with Crippen molar-refractivity contribution in [2.24, 2.45) is 5.73 Å². The summed E-state index contributed by atoms with van der Waals surface area (Å²) in [7, 11) is 0. The molecule has 0 atom stereocenters. The highest BCUT2D eigenvalue weighted by Crippen LogP contribution is 2.29. The third-order valence-corrected chi connectivity index (χ3v) is 3.30. The van der Waals surface area contributed by atoms with E-state index in [2.05, 4.69) is 10.6 Å². The normalized spacial score (nSPS) is 10.0. The van der Waals surface area contributed by atoms with E-state index in [1.54, 1.807) is 0 Å². The number of carbonyl (C=O) groups excluding carboxylic acids is 2. The van der Waals surface area contributed by atoms with E-state index in [9.17, 15) is 22.8 Å². The van der Waals surface area contributed by atoms with Crippen molar-refractivity contribution in [3.8, 4) is 0 Å². The number of nitrogens with one attached hydrogen (secondary N) is 2. The Morgan fingerprint density at radius 2 is 1.95 bits per heavy atom. The van der Waals surface area contributed by atoms with Gasteiger partial charge < -0.3 is 16.4 Å². The second-order valence-corrected chi connectivity index (χ2v) is 4.93. The Bertz CT molecular complexity index is 520. The van der Waals surface area contributed by atoms with Crippen LogP contribution in [0.15, 0.2) is 23.1 Å². The molecule has 0 fully saturated rings. The highest BCUT2D eigenvalue weighted by Gasteiger charge is 2.12. The highest BCUT2D eigenvalue weighted by molar-refractivity contribution is 7.99. The first kappa shape index (κ1) is 20.6. The SMILES string of the molecule is Cl.NCC(=O)NCC(=O)Nc1cc(F)ccc1SCC(F)F. The fraction of sp³-hybridized carbons (Fsp3) is 0.333. The van der Waals surface area contributed by atoms with Gasteiger partial charge in [-0.15, -0.1) is 24.2 Å². The summed E-state index contributed by atoms with van der Waals surface area (Å²) in [6, 6.07) is 3.44. The third kappa shape index (κ3) is 7.53. The molecule has 10 heteroatoms. The van der Waals surface area contributed by atoms with Gasteiger partial charge in [-0.05, 0) is 18.2 Å². The number of alkyl halides is 2. The van der Waals surface area contributed by atoms with Crippen LogP contribution >= 0.6 is 24.2 Å². The second kappa shape index (κ2) is 10.3. The minimum absolute atomic E-state index is 0. The predicted octanol–water partition coefficient (Wildman–Crippen LogP) is 1.62. The molecule has 0 saturated heterocycles. The number of rotatable bonds is 7. The summed E-state index contributed by atoms with van der Waals surface area (Å²) in [5, 5.41) is 4.59. The predicted molar refractivity (Wildman–Crippen MR) is 81.1 cm³/mol. The Morgan fingerprint density at radius 3 is 2.55 bits per heavy atom. The zero-order chi connectivity index (χ0) is 15.8. The number of amides is 2. The van der Waals surface area contributed by atoms with Crippen LogP contribution in [-0.2, 0) is 9.59 Å². The zero-order valence-corrected chi connectivity index (χ0v) is 12.9. The third-order valence-electron chi connectivity index (χ3n) is 2.21. The Hall–Kier alpha value is -1.45. The molecule has 5 nitrogen and oxygen atoms in total. The van der Waals surface area contributed by atoms with Crippen molar-refractivity contribution in [3.05, 3.63) is 24.0 Å². The largest absolute Gasteiger partial charge is 0.346 e. The lowest BCUT2D eigenvalue weighted by atomic mass is 10.3. The van der Waals surface area contributed by atoms with Gasteiger partial charge >= 0.3 is 0 Å². The number of thioether (sulfide) groups is 1. The number of nitrogens with two attached hydrogens (primary N) is 1. The average molecular weight is 358 g/mol. The molecular weight excluding hydrogens is 343 g/mol. The van der Waals surface area contributed by atoms with E-state index in [-0.39, 0.29) is 31.2 Å². The molecule has 1 rings (SSSR count). The lowest BCUT2D eigenvalue weighted by Crippen LogP contribution is -2.36. The van der Waals surface area contributed by atoms with Crippen molar-refractivity contribution in [1.29, 1.82) is 0 Å². The molecule has 1 aromatic rings. The molecule has 0 aliphatic heterocycles. The smallest absolute Gasteiger partial charge is 0.247 e. The number of carbonyl (C=O) groups is 2. The van der Waals surface area contributed by atoms with E-state index in [0.717, 1.165) is 23.9 Å². The number of hydrogen-bond donors (Lipinski definition) is 3. The molecule has 2 amide bonds. The minimum atomic E-state index is -2.52. The molecule has 0 aliphatic rings. The first-order valence-electron chi connectivity index (χ1n) is 5.89. The summed E-state index contributed by atoms with van der Waals surface area (Å²) in [4.78, 5) is 22.8. The van der Waals surface area contributed by atoms with Crippen LogP contribution in [0, 0.1) is 5.82 Å². The monoisotopic (exact) mass is 357 g/mol. The van der Waals surface area contributed by atoms with Gasteiger partial charge in [-0.2, -0.15) is 0 Å². The molecule has 0 spiro atoms. The van der Waals surface area contributed by atoms with Crippen LogP contribution in [-0.4, -0.2) is 37.1 Å². The lowest BCUT2D eigenvalue weighted by molar-refractivity contribution is -0.123. The highest BCUT2D eigenvalue weighted by atomic mass is 35.5. The zero-order valence-electron chi connectivity index (χ0n) is 11.3. The first-order valence-corrected chi connectivity index (χ1v) is 6.88. The van der Waals surface area contributed by atoms with Crippen molar-refractivity contribution >= 4 is 41.7 Å². The van der Waals surface area contributed by atoms with Crippen LogP contribution in [0.25, 0.3) is 0 Å². The van der Waals surface area contributed by atoms with E-state index in [1.807, 2.05) is 0 Å². The summed E-state index contributed by atoms with van der Waals surface area (Å²) in [5.41, 5.74) is 5.13. The van der Waals surface area contributed by atoms with Gasteiger partial charge in [-0.1, -0.05) is 0 Å². The molecule has 0 radical (unpaired) electrons. The topological polar surface area (TPSA) is 84.2 Å². The van der Waals surface area contributed by atoms with E-state index >= 15 is 0 Å². The maximum Gasteiger partial charge on any atom is 0.247 e. The molecule has 0 aromatic heterocycles. The summed E-state index contributed by atoms with van der Waals surface area (Å²) in [5.74, 6) is -2.21. The molecule has 0 aliphatic carbocycles. The summed E-state index contributed by atoms with van der Waals surface area (Å²) in [6.07, 6.45) is -2.52. The summed E-state index contributed by atoms with van der Waals surface area (Å²) in [6.45, 7) is -0.603. The van der Waals surface area contributed by atoms with E-state index < -0.39 is 29.8 Å². The standard InChI is InChI=1S/C12H14F3N3O2S.ClH/c13-7-1-2-9(21-6-10(14)15)8(3-7)18-12(20)5-17-11(19)4-16;/h1-3,10H,4-6,16H2,(H,17,19)(H,18,20);1H. The van der Waals surface area contributed by atoms with Crippen molar-refractivity contribution in [3.63, 3.8) is 0 Å². The Kier molecular flexibility index (Phi) is 9.63. The molecule has 22 heavy (non-hydrogen) atoms. The summed E-state index contributed by atoms with van der Waals surface area (Å²) < 4.78 is 37.6. The van der Waals surface area contributed by atoms with Crippen LogP contribution in [0.5, 0.6) is 0 Å². The van der Waals surface area contributed by atoms with Gasteiger partial charge in [0.1, 0.15) is 5.82 Å². The van der Waals surface area contributed by atoms with Gasteiger partial charge in [0.05, 0.1) is 24.5 Å². The van der Waals surface area contributed by atoms with Crippen molar-refractivity contribution in [2.45, 2.75) is 11.3 Å². The fourth-order valence-electron chi connectivity index (χ4n) is 1.32. The molecule has 0 heterocycles. The minimum Gasteiger partial charge on any atom is -0.346 e. The second-order valence-electron chi connectivity index (χ2n) is 3.87. The van der Waals surface area contributed by atoms with Gasteiger partial charge in [-0.25, -0.2) is 13.2 Å². The average Bonchev–Trinajstić information content (AvgIpc) is 2.43. The van der Waals surface area contributed by atoms with E-state index in [0.29, 0.717) is 4.90 Å². The van der Waals surface area contributed by atoms with E-state index in [1.165, 1.54) is 6.07 Å². The fourth-order valence-corrected chi connectivity index (χ4v) is 2.06. The van der Waals surface area contributed by atoms with Crippen LogP contribution in [0.4, 0.5) is 18.9 Å². The molecule has 0 saturated carbocycles. The first-order chi connectivity index (χ1) is 9.92. The quantitative estimate of drug-likeness (QED) is 0.647. The van der Waals surface area contributed by atoms with Gasteiger partial charge in [0.15, 0.2) is 0 Å². The molecule has 0 unspecified atom stereocenters. The van der Waals surface area contributed by atoms with Crippen LogP contribution in [0.2, 0.25) is 0 Å². The van der Waals surface area contributed by atoms with Gasteiger partial charge in [0.25, 0.3) is 0 Å². The Labute approximate surface area is 135 Å².